The van der Waals surface area contributed by atoms with Crippen molar-refractivity contribution in [2.24, 2.45) is 10.2 Å². The van der Waals surface area contributed by atoms with E-state index in [-0.39, 0.29) is 11.5 Å². The minimum atomic E-state index is -4.39. The average molecular weight is 331 g/mol. The third-order valence-corrected chi connectivity index (χ3v) is 3.29. The summed E-state index contributed by atoms with van der Waals surface area (Å²) in [6, 6.07) is 13.6. The molecule has 0 bridgehead atoms. The Morgan fingerprint density at radius 2 is 1.58 bits per heavy atom. The smallest absolute Gasteiger partial charge is 0.380 e. The van der Waals surface area contributed by atoms with Gasteiger partial charge in [0, 0.05) is 5.56 Å². The van der Waals surface area contributed by atoms with Crippen LogP contribution in [0.15, 0.2) is 64.8 Å². The number of aromatic nitrogens is 2. The van der Waals surface area contributed by atoms with Crippen LogP contribution in [-0.2, 0) is 6.18 Å². The number of nitrogen functional groups attached to an aromatic ring is 1. The lowest BCUT2D eigenvalue weighted by atomic mass is 10.1. The fourth-order valence-electron chi connectivity index (χ4n) is 2.08. The quantitative estimate of drug-likeness (QED) is 0.655. The molecule has 1 aromatic heterocycles. The first-order valence-electron chi connectivity index (χ1n) is 6.93. The van der Waals surface area contributed by atoms with Gasteiger partial charge in [-0.05, 0) is 24.3 Å². The number of rotatable bonds is 3. The number of aromatic amines is 1. The molecule has 1 heterocycles. The lowest BCUT2D eigenvalue weighted by Gasteiger charge is -2.07. The predicted octanol–water partition coefficient (Wildman–Crippen LogP) is 5.09. The number of H-pyrrole nitrogens is 1. The van der Waals surface area contributed by atoms with E-state index in [1.807, 2.05) is 18.2 Å². The Morgan fingerprint density at radius 3 is 2.21 bits per heavy atom. The van der Waals surface area contributed by atoms with Crippen LogP contribution in [0.5, 0.6) is 0 Å². The second-order valence-electron chi connectivity index (χ2n) is 4.94. The van der Waals surface area contributed by atoms with E-state index in [1.165, 1.54) is 12.1 Å². The number of azo groups is 1. The number of hydrogen-bond donors (Lipinski definition) is 2. The molecule has 3 aromatic rings. The first-order valence-corrected chi connectivity index (χ1v) is 6.93. The molecule has 8 heteroatoms. The van der Waals surface area contributed by atoms with Gasteiger partial charge in [0.15, 0.2) is 11.5 Å². The maximum Gasteiger partial charge on any atom is 0.416 e. The predicted molar refractivity (Wildman–Crippen MR) is 84.1 cm³/mol. The molecule has 0 aliphatic carbocycles. The summed E-state index contributed by atoms with van der Waals surface area (Å²) >= 11 is 0. The first-order chi connectivity index (χ1) is 11.4. The lowest BCUT2D eigenvalue weighted by molar-refractivity contribution is -0.137. The maximum absolute atomic E-state index is 12.6. The summed E-state index contributed by atoms with van der Waals surface area (Å²) in [7, 11) is 0. The monoisotopic (exact) mass is 331 g/mol. The molecule has 3 N–H and O–H groups in total. The fraction of sp³-hybridized carbons (Fsp3) is 0.0625. The van der Waals surface area contributed by atoms with Crippen LogP contribution < -0.4 is 5.73 Å². The number of alkyl halides is 3. The number of nitrogens with two attached hydrogens (primary N) is 1. The highest BCUT2D eigenvalue weighted by molar-refractivity contribution is 5.79. The molecular formula is C16H12F3N5. The van der Waals surface area contributed by atoms with Crippen molar-refractivity contribution in [3.63, 3.8) is 0 Å². The molecule has 0 amide bonds. The molecule has 0 aliphatic rings. The highest BCUT2D eigenvalue weighted by Crippen LogP contribution is 2.36. The highest BCUT2D eigenvalue weighted by atomic mass is 19.4. The van der Waals surface area contributed by atoms with Crippen LogP contribution in [0.3, 0.4) is 0 Å². The number of anilines is 1. The number of halogens is 3. The van der Waals surface area contributed by atoms with Crippen LogP contribution in [0, 0.1) is 0 Å². The van der Waals surface area contributed by atoms with E-state index in [0.29, 0.717) is 16.9 Å². The molecule has 2 aromatic carbocycles. The number of hydrogen-bond acceptors (Lipinski definition) is 4. The topological polar surface area (TPSA) is 79.4 Å². The molecule has 0 aliphatic heterocycles. The van der Waals surface area contributed by atoms with Gasteiger partial charge >= 0.3 is 6.18 Å². The van der Waals surface area contributed by atoms with Crippen LogP contribution in [0.25, 0.3) is 11.3 Å². The maximum atomic E-state index is 12.6. The van der Waals surface area contributed by atoms with Gasteiger partial charge in [-0.15, -0.1) is 5.11 Å². The minimum Gasteiger partial charge on any atom is -0.380 e. The zero-order valence-corrected chi connectivity index (χ0v) is 12.2. The summed E-state index contributed by atoms with van der Waals surface area (Å²) in [4.78, 5) is 0. The summed E-state index contributed by atoms with van der Waals surface area (Å²) < 4.78 is 37.9. The van der Waals surface area contributed by atoms with E-state index in [2.05, 4.69) is 20.4 Å². The number of nitrogens with zero attached hydrogens (tertiary/aromatic N) is 3. The summed E-state index contributed by atoms with van der Waals surface area (Å²) in [6.07, 6.45) is -4.39. The van der Waals surface area contributed by atoms with Gasteiger partial charge in [-0.25, -0.2) is 0 Å². The largest absolute Gasteiger partial charge is 0.416 e. The molecule has 0 saturated heterocycles. The van der Waals surface area contributed by atoms with Gasteiger partial charge in [-0.2, -0.15) is 23.4 Å². The van der Waals surface area contributed by atoms with Crippen LogP contribution in [0.2, 0.25) is 0 Å². The average Bonchev–Trinajstić information content (AvgIpc) is 2.94. The van der Waals surface area contributed by atoms with E-state index in [1.54, 1.807) is 12.1 Å². The first kappa shape index (κ1) is 15.7. The molecule has 122 valence electrons. The van der Waals surface area contributed by atoms with Gasteiger partial charge in [-0.1, -0.05) is 30.3 Å². The molecule has 0 fully saturated rings. The van der Waals surface area contributed by atoms with Gasteiger partial charge in [0.1, 0.15) is 0 Å². The van der Waals surface area contributed by atoms with E-state index in [0.717, 1.165) is 12.1 Å². The Labute approximate surface area is 135 Å². The van der Waals surface area contributed by atoms with Crippen molar-refractivity contribution in [2.45, 2.75) is 6.18 Å². The summed E-state index contributed by atoms with van der Waals surface area (Å²) in [5.74, 6) is 0.115. The third-order valence-electron chi connectivity index (χ3n) is 3.29. The molecular weight excluding hydrogens is 319 g/mol. The van der Waals surface area contributed by atoms with Gasteiger partial charge in [0.2, 0.25) is 0 Å². The molecule has 0 atom stereocenters. The van der Waals surface area contributed by atoms with Crippen molar-refractivity contribution in [1.29, 1.82) is 0 Å². The summed E-state index contributed by atoms with van der Waals surface area (Å²) in [6.45, 7) is 0. The van der Waals surface area contributed by atoms with Crippen molar-refractivity contribution >= 4 is 17.2 Å². The molecule has 0 spiro atoms. The normalized spacial score (nSPS) is 12.0. The van der Waals surface area contributed by atoms with Crippen LogP contribution in [0.4, 0.5) is 30.4 Å². The number of benzene rings is 2. The molecule has 3 rings (SSSR count). The van der Waals surface area contributed by atoms with Crippen LogP contribution in [-0.4, -0.2) is 10.2 Å². The van der Waals surface area contributed by atoms with Crippen molar-refractivity contribution < 1.29 is 13.2 Å². The fourth-order valence-corrected chi connectivity index (χ4v) is 2.08. The Kier molecular flexibility index (Phi) is 4.03. The van der Waals surface area contributed by atoms with Crippen molar-refractivity contribution in [1.82, 2.24) is 10.2 Å². The van der Waals surface area contributed by atoms with Crippen molar-refractivity contribution in [3.05, 3.63) is 60.2 Å². The number of nitrogens with one attached hydrogen (secondary N) is 1. The Balaban J connectivity index is 1.94. The Hall–Kier alpha value is -3.16. The third kappa shape index (κ3) is 3.27. The second kappa shape index (κ2) is 6.15. The van der Waals surface area contributed by atoms with E-state index in [9.17, 15) is 13.2 Å². The molecule has 5 nitrogen and oxygen atoms in total. The van der Waals surface area contributed by atoms with E-state index >= 15 is 0 Å². The van der Waals surface area contributed by atoms with Gasteiger partial charge in [-0.3, -0.25) is 5.10 Å². The van der Waals surface area contributed by atoms with Crippen molar-refractivity contribution in [3.8, 4) is 11.3 Å². The zero-order chi connectivity index (χ0) is 17.2. The second-order valence-corrected chi connectivity index (χ2v) is 4.94. The van der Waals surface area contributed by atoms with E-state index in [4.69, 9.17) is 5.73 Å². The summed E-state index contributed by atoms with van der Waals surface area (Å²) in [5.41, 5.74) is 6.82. The van der Waals surface area contributed by atoms with Crippen LogP contribution in [0.1, 0.15) is 5.56 Å². The van der Waals surface area contributed by atoms with Crippen LogP contribution >= 0.6 is 0 Å². The molecule has 0 unspecified atom stereocenters. The van der Waals surface area contributed by atoms with Gasteiger partial charge in [0.05, 0.1) is 16.9 Å². The SMILES string of the molecule is Nc1n[nH]c(-c2ccc(C(F)(F)F)cc2)c1N=Nc1ccccc1. The zero-order valence-electron chi connectivity index (χ0n) is 12.2. The minimum absolute atomic E-state index is 0.115. The molecule has 24 heavy (non-hydrogen) atoms. The summed E-state index contributed by atoms with van der Waals surface area (Å²) in [5, 5.41) is 14.7. The standard InChI is InChI=1S/C16H12F3N5/c17-16(18,19)11-8-6-10(7-9-11)13-14(15(20)24-22-13)23-21-12-4-2-1-3-5-12/h1-9H,(H3,20,22,24). The molecule has 0 radical (unpaired) electrons. The van der Waals surface area contributed by atoms with Gasteiger partial charge in [0.25, 0.3) is 0 Å². The Bertz CT molecular complexity index is 852. The van der Waals surface area contributed by atoms with Gasteiger partial charge < -0.3 is 5.73 Å². The lowest BCUT2D eigenvalue weighted by Crippen LogP contribution is -2.04. The van der Waals surface area contributed by atoms with Crippen molar-refractivity contribution in [2.75, 3.05) is 5.73 Å². The Morgan fingerprint density at radius 1 is 0.917 bits per heavy atom. The van der Waals surface area contributed by atoms with E-state index < -0.39 is 11.7 Å². The molecule has 0 saturated carbocycles. The highest BCUT2D eigenvalue weighted by Gasteiger charge is 2.30.